The van der Waals surface area contributed by atoms with Crippen molar-refractivity contribution in [3.63, 3.8) is 0 Å². The first-order chi connectivity index (χ1) is 8.13. The Morgan fingerprint density at radius 3 is 2.94 bits per heavy atom. The summed E-state index contributed by atoms with van der Waals surface area (Å²) in [5, 5.41) is 12.8. The third kappa shape index (κ3) is 3.53. The van der Waals surface area contributed by atoms with E-state index >= 15 is 0 Å². The molecular formula is C13H20BrNOS. The zero-order valence-corrected chi connectivity index (χ0v) is 12.7. The molecule has 1 atom stereocenters. The molecule has 1 unspecified atom stereocenters. The number of hydrogen-bond donors (Lipinski definition) is 1. The molecule has 2 nitrogen and oxygen atoms in total. The average molecular weight is 318 g/mol. The molecule has 0 aliphatic carbocycles. The smallest absolute Gasteiger partial charge is 0.0708 e. The summed E-state index contributed by atoms with van der Waals surface area (Å²) in [5.74, 6) is 0. The van der Waals surface area contributed by atoms with Crippen molar-refractivity contribution in [1.29, 1.82) is 0 Å². The van der Waals surface area contributed by atoms with Crippen molar-refractivity contribution in [2.75, 3.05) is 19.6 Å². The van der Waals surface area contributed by atoms with Gasteiger partial charge in [0.15, 0.2) is 0 Å². The molecule has 2 heterocycles. The van der Waals surface area contributed by atoms with Crippen LogP contribution in [-0.2, 0) is 6.42 Å². The van der Waals surface area contributed by atoms with Crippen molar-refractivity contribution in [2.45, 2.75) is 38.2 Å². The number of nitrogens with zero attached hydrogens (tertiary/aromatic N) is 1. The molecule has 1 saturated heterocycles. The molecule has 1 aromatic heterocycles. The number of likely N-dealkylation sites (tertiary alicyclic amines) is 1. The summed E-state index contributed by atoms with van der Waals surface area (Å²) in [6.07, 6.45) is 3.72. The van der Waals surface area contributed by atoms with Crippen LogP contribution in [0.25, 0.3) is 0 Å². The second-order valence-electron chi connectivity index (χ2n) is 4.88. The van der Waals surface area contributed by atoms with Crippen molar-refractivity contribution >= 4 is 27.3 Å². The number of thiophene rings is 1. The topological polar surface area (TPSA) is 23.5 Å². The van der Waals surface area contributed by atoms with E-state index in [0.717, 1.165) is 49.8 Å². The van der Waals surface area contributed by atoms with Gasteiger partial charge >= 0.3 is 0 Å². The molecule has 0 amide bonds. The van der Waals surface area contributed by atoms with Crippen LogP contribution >= 0.6 is 27.3 Å². The fraction of sp³-hybridized carbons (Fsp3) is 0.692. The predicted molar refractivity (Wildman–Crippen MR) is 76.6 cm³/mol. The maximum atomic E-state index is 10.7. The van der Waals surface area contributed by atoms with Gasteiger partial charge < -0.3 is 10.0 Å². The van der Waals surface area contributed by atoms with Crippen molar-refractivity contribution in [3.05, 3.63) is 20.8 Å². The van der Waals surface area contributed by atoms with Gasteiger partial charge in [-0.25, -0.2) is 0 Å². The first kappa shape index (κ1) is 13.5. The van der Waals surface area contributed by atoms with Gasteiger partial charge in [-0.3, -0.25) is 0 Å². The highest BCUT2D eigenvalue weighted by Gasteiger charge is 2.30. The van der Waals surface area contributed by atoms with Gasteiger partial charge in [-0.15, -0.1) is 11.3 Å². The van der Waals surface area contributed by atoms with Crippen molar-refractivity contribution in [2.24, 2.45) is 0 Å². The fourth-order valence-corrected chi connectivity index (χ4v) is 4.11. The van der Waals surface area contributed by atoms with E-state index in [0.29, 0.717) is 0 Å². The largest absolute Gasteiger partial charge is 0.389 e. The molecule has 0 aromatic carbocycles. The standard InChI is InChI=1S/C13H20BrNOS/c1-2-15-7-3-5-13(16,6-8-15)10-12-11(14)4-9-17-12/h4,9,16H,2-3,5-8,10H2,1H3. The molecule has 17 heavy (non-hydrogen) atoms. The van der Waals surface area contributed by atoms with Gasteiger partial charge in [0.2, 0.25) is 0 Å². The van der Waals surface area contributed by atoms with Crippen molar-refractivity contribution < 1.29 is 5.11 Å². The number of aliphatic hydroxyl groups is 1. The fourth-order valence-electron chi connectivity index (χ4n) is 2.48. The number of halogens is 1. The molecule has 2 rings (SSSR count). The van der Waals surface area contributed by atoms with Crippen LogP contribution in [0.2, 0.25) is 0 Å². The van der Waals surface area contributed by atoms with Gasteiger partial charge in [0.25, 0.3) is 0 Å². The zero-order valence-electron chi connectivity index (χ0n) is 10.3. The van der Waals surface area contributed by atoms with Gasteiger partial charge in [-0.2, -0.15) is 0 Å². The Labute approximate surface area is 116 Å². The Hall–Kier alpha value is 0.100. The highest BCUT2D eigenvalue weighted by Crippen LogP contribution is 2.32. The summed E-state index contributed by atoms with van der Waals surface area (Å²) in [5.41, 5.74) is -0.503. The molecule has 1 aliphatic rings. The van der Waals surface area contributed by atoms with Crippen LogP contribution in [0.4, 0.5) is 0 Å². The van der Waals surface area contributed by atoms with E-state index in [9.17, 15) is 5.11 Å². The molecule has 0 spiro atoms. The van der Waals surface area contributed by atoms with Crippen LogP contribution in [0, 0.1) is 0 Å². The SMILES string of the molecule is CCN1CCCC(O)(Cc2sccc2Br)CC1. The Balaban J connectivity index is 2.01. The van der Waals surface area contributed by atoms with Crippen LogP contribution in [0.5, 0.6) is 0 Å². The Kier molecular flexibility index (Phi) is 4.64. The minimum absolute atomic E-state index is 0.503. The lowest BCUT2D eigenvalue weighted by Crippen LogP contribution is -2.33. The molecule has 96 valence electrons. The molecule has 0 bridgehead atoms. The van der Waals surface area contributed by atoms with Crippen LogP contribution < -0.4 is 0 Å². The summed E-state index contributed by atoms with van der Waals surface area (Å²) >= 11 is 5.29. The van der Waals surface area contributed by atoms with E-state index < -0.39 is 5.60 Å². The first-order valence-corrected chi connectivity index (χ1v) is 7.97. The molecule has 1 aromatic rings. The van der Waals surface area contributed by atoms with Gasteiger partial charge in [0.05, 0.1) is 5.60 Å². The lowest BCUT2D eigenvalue weighted by molar-refractivity contribution is 0.0264. The van der Waals surface area contributed by atoms with E-state index in [1.54, 1.807) is 11.3 Å². The Morgan fingerprint density at radius 2 is 2.29 bits per heavy atom. The minimum Gasteiger partial charge on any atom is -0.389 e. The predicted octanol–water partition coefficient (Wildman–Crippen LogP) is 3.29. The molecule has 1 N–H and O–H groups in total. The third-order valence-corrected chi connectivity index (χ3v) is 5.56. The summed E-state index contributed by atoms with van der Waals surface area (Å²) in [6.45, 7) is 5.44. The quantitative estimate of drug-likeness (QED) is 0.924. The first-order valence-electron chi connectivity index (χ1n) is 6.29. The van der Waals surface area contributed by atoms with E-state index in [2.05, 4.69) is 39.2 Å². The molecule has 0 saturated carbocycles. The maximum absolute atomic E-state index is 10.7. The minimum atomic E-state index is -0.503. The third-order valence-electron chi connectivity index (χ3n) is 3.64. The molecular weight excluding hydrogens is 298 g/mol. The Bertz CT molecular complexity index is 368. The lowest BCUT2D eigenvalue weighted by atomic mass is 9.90. The second-order valence-corrected chi connectivity index (χ2v) is 6.74. The summed E-state index contributed by atoms with van der Waals surface area (Å²) in [6, 6.07) is 2.07. The molecule has 1 aliphatic heterocycles. The second kappa shape index (κ2) is 5.83. The normalized spacial score (nSPS) is 27.0. The summed E-state index contributed by atoms with van der Waals surface area (Å²) in [7, 11) is 0. The van der Waals surface area contributed by atoms with Crippen LogP contribution in [-0.4, -0.2) is 35.2 Å². The van der Waals surface area contributed by atoms with Gasteiger partial charge in [-0.1, -0.05) is 6.92 Å². The van der Waals surface area contributed by atoms with E-state index in [4.69, 9.17) is 0 Å². The van der Waals surface area contributed by atoms with Crippen molar-refractivity contribution in [1.82, 2.24) is 4.90 Å². The van der Waals surface area contributed by atoms with E-state index in [-0.39, 0.29) is 0 Å². The van der Waals surface area contributed by atoms with E-state index in [1.807, 2.05) is 0 Å². The summed E-state index contributed by atoms with van der Waals surface area (Å²) in [4.78, 5) is 3.71. The monoisotopic (exact) mass is 317 g/mol. The summed E-state index contributed by atoms with van der Waals surface area (Å²) < 4.78 is 1.15. The maximum Gasteiger partial charge on any atom is 0.0708 e. The molecule has 4 heteroatoms. The van der Waals surface area contributed by atoms with Gasteiger partial charge in [0.1, 0.15) is 0 Å². The number of hydrogen-bond acceptors (Lipinski definition) is 3. The van der Waals surface area contributed by atoms with Crippen LogP contribution in [0.15, 0.2) is 15.9 Å². The molecule has 1 fully saturated rings. The van der Waals surface area contributed by atoms with Crippen LogP contribution in [0.1, 0.15) is 31.1 Å². The highest BCUT2D eigenvalue weighted by molar-refractivity contribution is 9.10. The Morgan fingerprint density at radius 1 is 1.47 bits per heavy atom. The van der Waals surface area contributed by atoms with Gasteiger partial charge in [-0.05, 0) is 59.7 Å². The zero-order chi connectivity index (χ0) is 12.3. The average Bonchev–Trinajstić information content (AvgIpc) is 2.60. The van der Waals surface area contributed by atoms with E-state index in [1.165, 1.54) is 4.88 Å². The van der Waals surface area contributed by atoms with Crippen molar-refractivity contribution in [3.8, 4) is 0 Å². The highest BCUT2D eigenvalue weighted by atomic mass is 79.9. The van der Waals surface area contributed by atoms with Gasteiger partial charge in [0, 0.05) is 22.3 Å². The lowest BCUT2D eigenvalue weighted by Gasteiger charge is -2.26. The van der Waals surface area contributed by atoms with Crippen LogP contribution in [0.3, 0.4) is 0 Å². The molecule has 0 radical (unpaired) electrons. The number of rotatable bonds is 3.